The van der Waals surface area contributed by atoms with Crippen LogP contribution in [0.1, 0.15) is 23.9 Å². The highest BCUT2D eigenvalue weighted by molar-refractivity contribution is 7.99. The number of benzene rings is 2. The number of nitrogens with zero attached hydrogens (tertiary/aromatic N) is 3. The van der Waals surface area contributed by atoms with Crippen LogP contribution in [0.2, 0.25) is 0 Å². The summed E-state index contributed by atoms with van der Waals surface area (Å²) >= 11 is 1.38. The largest absolute Gasteiger partial charge is 0.325 e. The Hall–Kier alpha value is -2.60. The number of aryl methyl sites for hydroxylation is 3. The Kier molecular flexibility index (Phi) is 5.73. The van der Waals surface area contributed by atoms with Crippen molar-refractivity contribution in [3.8, 4) is 5.69 Å². The smallest absolute Gasteiger partial charge is 0.234 e. The third kappa shape index (κ3) is 4.32. The number of rotatable bonds is 6. The Labute approximate surface area is 157 Å². The molecule has 134 valence electrons. The lowest BCUT2D eigenvalue weighted by molar-refractivity contribution is -0.113. The molecule has 0 saturated heterocycles. The van der Waals surface area contributed by atoms with Gasteiger partial charge in [0.15, 0.2) is 5.16 Å². The normalized spacial score (nSPS) is 10.7. The Morgan fingerprint density at radius 3 is 2.62 bits per heavy atom. The highest BCUT2D eigenvalue weighted by Gasteiger charge is 2.13. The van der Waals surface area contributed by atoms with Gasteiger partial charge < -0.3 is 5.32 Å². The summed E-state index contributed by atoms with van der Waals surface area (Å²) in [6, 6.07) is 16.1. The summed E-state index contributed by atoms with van der Waals surface area (Å²) in [6.07, 6.45) is 0.942. The molecule has 0 unspecified atom stereocenters. The number of amides is 1. The molecule has 0 spiro atoms. The quantitative estimate of drug-likeness (QED) is 0.665. The first kappa shape index (κ1) is 18.2. The average molecular weight is 366 g/mol. The minimum absolute atomic E-state index is 0.0561. The zero-order chi connectivity index (χ0) is 18.5. The van der Waals surface area contributed by atoms with Crippen molar-refractivity contribution in [2.24, 2.45) is 0 Å². The van der Waals surface area contributed by atoms with E-state index >= 15 is 0 Å². The van der Waals surface area contributed by atoms with Crippen LogP contribution < -0.4 is 5.32 Å². The summed E-state index contributed by atoms with van der Waals surface area (Å²) < 4.78 is 1.97. The molecular formula is C20H22N4OS. The summed E-state index contributed by atoms with van der Waals surface area (Å²) in [4.78, 5) is 12.3. The molecule has 0 bridgehead atoms. The number of thioether (sulfide) groups is 1. The van der Waals surface area contributed by atoms with Crippen molar-refractivity contribution < 1.29 is 4.79 Å². The Balaban J connectivity index is 1.68. The topological polar surface area (TPSA) is 59.8 Å². The number of hydrogen-bond acceptors (Lipinski definition) is 4. The lowest BCUT2D eigenvalue weighted by Crippen LogP contribution is -2.14. The fourth-order valence-corrected chi connectivity index (χ4v) is 3.42. The molecule has 5 nitrogen and oxygen atoms in total. The molecule has 0 radical (unpaired) electrons. The van der Waals surface area contributed by atoms with E-state index in [1.165, 1.54) is 22.9 Å². The third-order valence-electron chi connectivity index (χ3n) is 4.04. The fourth-order valence-electron chi connectivity index (χ4n) is 2.62. The molecule has 0 aliphatic carbocycles. The Bertz CT molecular complexity index is 902. The average Bonchev–Trinajstić information content (AvgIpc) is 3.01. The van der Waals surface area contributed by atoms with E-state index in [4.69, 9.17) is 0 Å². The summed E-state index contributed by atoms with van der Waals surface area (Å²) in [5, 5.41) is 12.0. The first-order valence-corrected chi connectivity index (χ1v) is 9.56. The number of anilines is 1. The van der Waals surface area contributed by atoms with E-state index in [2.05, 4.69) is 47.6 Å². The lowest BCUT2D eigenvalue weighted by Gasteiger charge is -2.09. The highest BCUT2D eigenvalue weighted by Crippen LogP contribution is 2.22. The maximum Gasteiger partial charge on any atom is 0.234 e. The van der Waals surface area contributed by atoms with Crippen molar-refractivity contribution in [3.63, 3.8) is 0 Å². The van der Waals surface area contributed by atoms with Gasteiger partial charge in [-0.05, 0) is 50.1 Å². The summed E-state index contributed by atoms with van der Waals surface area (Å²) in [6.45, 7) is 6.06. The Morgan fingerprint density at radius 2 is 1.88 bits per heavy atom. The zero-order valence-corrected chi connectivity index (χ0v) is 16.0. The van der Waals surface area contributed by atoms with Crippen molar-refractivity contribution in [3.05, 3.63) is 65.5 Å². The van der Waals surface area contributed by atoms with E-state index in [-0.39, 0.29) is 11.7 Å². The molecule has 1 heterocycles. The Morgan fingerprint density at radius 1 is 1.12 bits per heavy atom. The van der Waals surface area contributed by atoms with Crippen LogP contribution in [0.25, 0.3) is 5.69 Å². The van der Waals surface area contributed by atoms with Gasteiger partial charge in [0.25, 0.3) is 0 Å². The maximum absolute atomic E-state index is 12.3. The monoisotopic (exact) mass is 366 g/mol. The van der Waals surface area contributed by atoms with Gasteiger partial charge in [0.1, 0.15) is 5.82 Å². The first-order valence-electron chi connectivity index (χ1n) is 8.57. The molecular weight excluding hydrogens is 344 g/mol. The van der Waals surface area contributed by atoms with Crippen molar-refractivity contribution in [2.75, 3.05) is 11.1 Å². The van der Waals surface area contributed by atoms with Gasteiger partial charge in [-0.1, -0.05) is 48.5 Å². The van der Waals surface area contributed by atoms with Crippen LogP contribution in [0.4, 0.5) is 5.69 Å². The minimum Gasteiger partial charge on any atom is -0.325 e. The molecule has 6 heteroatoms. The van der Waals surface area contributed by atoms with E-state index < -0.39 is 0 Å². The van der Waals surface area contributed by atoms with E-state index in [1.54, 1.807) is 0 Å². The molecule has 0 atom stereocenters. The highest BCUT2D eigenvalue weighted by atomic mass is 32.2. The van der Waals surface area contributed by atoms with Crippen LogP contribution in [0, 0.1) is 13.8 Å². The fraction of sp³-hybridized carbons (Fsp3) is 0.250. The number of hydrogen-bond donors (Lipinski definition) is 1. The molecule has 0 aliphatic rings. The first-order chi connectivity index (χ1) is 12.6. The SMILES string of the molecule is CCc1cccc(NC(=O)CSc2nnc(C)n2-c2ccc(C)cc2)c1. The van der Waals surface area contributed by atoms with Crippen LogP contribution in [-0.2, 0) is 11.2 Å². The number of aromatic nitrogens is 3. The zero-order valence-electron chi connectivity index (χ0n) is 15.2. The molecule has 3 rings (SSSR count). The molecule has 1 aromatic heterocycles. The van der Waals surface area contributed by atoms with Crippen molar-refractivity contribution >= 4 is 23.4 Å². The van der Waals surface area contributed by atoms with Crippen LogP contribution in [0.15, 0.2) is 53.7 Å². The molecule has 0 fully saturated rings. The molecule has 0 saturated carbocycles. The summed E-state index contributed by atoms with van der Waals surface area (Å²) in [5.74, 6) is 1.02. The standard InChI is InChI=1S/C20H22N4OS/c1-4-16-6-5-7-17(12-16)21-19(25)13-26-20-23-22-15(3)24(20)18-10-8-14(2)9-11-18/h5-12H,4,13H2,1-3H3,(H,21,25). The van der Waals surface area contributed by atoms with Gasteiger partial charge in [0.2, 0.25) is 5.91 Å². The van der Waals surface area contributed by atoms with Gasteiger partial charge in [-0.25, -0.2) is 0 Å². The predicted molar refractivity (Wildman–Crippen MR) is 106 cm³/mol. The summed E-state index contributed by atoms with van der Waals surface area (Å²) in [7, 11) is 0. The van der Waals surface area contributed by atoms with Crippen molar-refractivity contribution in [1.29, 1.82) is 0 Å². The lowest BCUT2D eigenvalue weighted by atomic mass is 10.1. The van der Waals surface area contributed by atoms with Crippen molar-refractivity contribution in [2.45, 2.75) is 32.3 Å². The van der Waals surface area contributed by atoms with E-state index in [0.717, 1.165) is 23.6 Å². The summed E-state index contributed by atoms with van der Waals surface area (Å²) in [5.41, 5.74) is 4.22. The van der Waals surface area contributed by atoms with Crippen LogP contribution >= 0.6 is 11.8 Å². The maximum atomic E-state index is 12.3. The third-order valence-corrected chi connectivity index (χ3v) is 4.97. The molecule has 2 aromatic carbocycles. The van der Waals surface area contributed by atoms with Crippen molar-refractivity contribution in [1.82, 2.24) is 14.8 Å². The van der Waals surface area contributed by atoms with Crippen LogP contribution in [0.3, 0.4) is 0 Å². The second-order valence-electron chi connectivity index (χ2n) is 6.09. The van der Waals surface area contributed by atoms with E-state index in [9.17, 15) is 4.79 Å². The van der Waals surface area contributed by atoms with E-state index in [0.29, 0.717) is 5.16 Å². The van der Waals surface area contributed by atoms with Crippen LogP contribution in [-0.4, -0.2) is 26.4 Å². The van der Waals surface area contributed by atoms with Gasteiger partial charge in [0, 0.05) is 11.4 Å². The number of nitrogens with one attached hydrogen (secondary N) is 1. The second kappa shape index (κ2) is 8.19. The van der Waals surface area contributed by atoms with Gasteiger partial charge in [-0.15, -0.1) is 10.2 Å². The number of carbonyl (C=O) groups excluding carboxylic acids is 1. The minimum atomic E-state index is -0.0561. The molecule has 1 amide bonds. The van der Waals surface area contributed by atoms with Gasteiger partial charge >= 0.3 is 0 Å². The molecule has 26 heavy (non-hydrogen) atoms. The molecule has 0 aliphatic heterocycles. The van der Waals surface area contributed by atoms with Gasteiger partial charge in [0.05, 0.1) is 5.75 Å². The van der Waals surface area contributed by atoms with Crippen LogP contribution in [0.5, 0.6) is 0 Å². The second-order valence-corrected chi connectivity index (χ2v) is 7.03. The van der Waals surface area contributed by atoms with Gasteiger partial charge in [-0.2, -0.15) is 0 Å². The predicted octanol–water partition coefficient (Wildman–Crippen LogP) is 4.18. The van der Waals surface area contributed by atoms with E-state index in [1.807, 2.05) is 41.8 Å². The van der Waals surface area contributed by atoms with Gasteiger partial charge in [-0.3, -0.25) is 9.36 Å². The molecule has 3 aromatic rings. The number of carbonyl (C=O) groups is 1. The molecule has 1 N–H and O–H groups in total.